The van der Waals surface area contributed by atoms with Crippen LogP contribution in [0.2, 0.25) is 0 Å². The Kier molecular flexibility index (Phi) is 4.01. The summed E-state index contributed by atoms with van der Waals surface area (Å²) in [5, 5.41) is 4.83. The summed E-state index contributed by atoms with van der Waals surface area (Å²) in [5.41, 5.74) is 0.584. The SMILES string of the molecule is O=C(NCCn1ccccc1=O)c1cccc2ccccc12. The minimum absolute atomic E-state index is 0.0677. The molecule has 1 heterocycles. The van der Waals surface area contributed by atoms with E-state index in [1.807, 2.05) is 42.5 Å². The highest BCUT2D eigenvalue weighted by Gasteiger charge is 2.08. The molecule has 0 atom stereocenters. The molecule has 0 radical (unpaired) electrons. The van der Waals surface area contributed by atoms with Gasteiger partial charge in [0.25, 0.3) is 11.5 Å². The van der Waals surface area contributed by atoms with E-state index in [0.29, 0.717) is 18.7 Å². The summed E-state index contributed by atoms with van der Waals surface area (Å²) in [6.45, 7) is 0.863. The van der Waals surface area contributed by atoms with Gasteiger partial charge in [-0.15, -0.1) is 0 Å². The smallest absolute Gasteiger partial charge is 0.251 e. The first kappa shape index (κ1) is 14.1. The van der Waals surface area contributed by atoms with Crippen molar-refractivity contribution in [3.05, 3.63) is 82.8 Å². The van der Waals surface area contributed by atoms with E-state index in [1.165, 1.54) is 6.07 Å². The third kappa shape index (κ3) is 2.91. The van der Waals surface area contributed by atoms with Crippen LogP contribution in [0.4, 0.5) is 0 Å². The van der Waals surface area contributed by atoms with Crippen molar-refractivity contribution in [2.75, 3.05) is 6.54 Å². The lowest BCUT2D eigenvalue weighted by Crippen LogP contribution is -2.30. The number of hydrogen-bond donors (Lipinski definition) is 1. The van der Waals surface area contributed by atoms with E-state index in [-0.39, 0.29) is 11.5 Å². The summed E-state index contributed by atoms with van der Waals surface area (Å²) < 4.78 is 1.57. The normalized spacial score (nSPS) is 10.5. The van der Waals surface area contributed by atoms with Crippen molar-refractivity contribution in [3.8, 4) is 0 Å². The lowest BCUT2D eigenvalue weighted by Gasteiger charge is -2.09. The van der Waals surface area contributed by atoms with E-state index in [2.05, 4.69) is 5.32 Å². The van der Waals surface area contributed by atoms with E-state index >= 15 is 0 Å². The fraction of sp³-hybridized carbons (Fsp3) is 0.111. The van der Waals surface area contributed by atoms with Gasteiger partial charge in [-0.25, -0.2) is 0 Å². The Morgan fingerprint density at radius 2 is 1.73 bits per heavy atom. The van der Waals surface area contributed by atoms with Gasteiger partial charge in [-0.1, -0.05) is 42.5 Å². The van der Waals surface area contributed by atoms with Crippen LogP contribution in [0.1, 0.15) is 10.4 Å². The number of nitrogens with one attached hydrogen (secondary N) is 1. The number of amides is 1. The third-order valence-corrected chi connectivity index (χ3v) is 3.57. The van der Waals surface area contributed by atoms with Gasteiger partial charge in [-0.05, 0) is 22.9 Å². The summed E-state index contributed by atoms with van der Waals surface area (Å²) >= 11 is 0. The Morgan fingerprint density at radius 3 is 2.59 bits per heavy atom. The molecule has 110 valence electrons. The van der Waals surface area contributed by atoms with Crippen LogP contribution in [0.3, 0.4) is 0 Å². The van der Waals surface area contributed by atoms with E-state index in [0.717, 1.165) is 10.8 Å². The molecular weight excluding hydrogens is 276 g/mol. The molecule has 0 saturated heterocycles. The van der Waals surface area contributed by atoms with Crippen LogP contribution in [0.25, 0.3) is 10.8 Å². The van der Waals surface area contributed by atoms with Gasteiger partial charge >= 0.3 is 0 Å². The van der Waals surface area contributed by atoms with Crippen LogP contribution in [-0.4, -0.2) is 17.0 Å². The molecule has 1 amide bonds. The Balaban J connectivity index is 1.72. The first-order valence-corrected chi connectivity index (χ1v) is 7.17. The van der Waals surface area contributed by atoms with E-state index < -0.39 is 0 Å². The van der Waals surface area contributed by atoms with Crippen molar-refractivity contribution in [1.82, 2.24) is 9.88 Å². The maximum Gasteiger partial charge on any atom is 0.251 e. The second kappa shape index (κ2) is 6.26. The molecule has 1 aromatic heterocycles. The highest BCUT2D eigenvalue weighted by molar-refractivity contribution is 6.06. The van der Waals surface area contributed by atoms with Crippen LogP contribution in [-0.2, 0) is 6.54 Å². The number of aromatic nitrogens is 1. The number of benzene rings is 2. The molecule has 0 aliphatic rings. The molecule has 3 rings (SSSR count). The number of nitrogens with zero attached hydrogens (tertiary/aromatic N) is 1. The lowest BCUT2D eigenvalue weighted by molar-refractivity contribution is 0.0954. The maximum atomic E-state index is 12.3. The van der Waals surface area contributed by atoms with Gasteiger partial charge < -0.3 is 9.88 Å². The Labute approximate surface area is 128 Å². The molecule has 1 N–H and O–H groups in total. The summed E-state index contributed by atoms with van der Waals surface area (Å²) in [4.78, 5) is 23.9. The van der Waals surface area contributed by atoms with Crippen molar-refractivity contribution >= 4 is 16.7 Å². The van der Waals surface area contributed by atoms with Crippen LogP contribution in [0, 0.1) is 0 Å². The molecule has 0 aliphatic carbocycles. The molecule has 3 aromatic rings. The summed E-state index contributed by atoms with van der Waals surface area (Å²) in [6, 6.07) is 18.5. The zero-order valence-corrected chi connectivity index (χ0v) is 12.0. The number of pyridine rings is 1. The van der Waals surface area contributed by atoms with Crippen LogP contribution >= 0.6 is 0 Å². The van der Waals surface area contributed by atoms with Crippen molar-refractivity contribution < 1.29 is 4.79 Å². The molecule has 4 nitrogen and oxygen atoms in total. The first-order valence-electron chi connectivity index (χ1n) is 7.17. The predicted octanol–water partition coefficient (Wildman–Crippen LogP) is 2.43. The highest BCUT2D eigenvalue weighted by Crippen LogP contribution is 2.18. The van der Waals surface area contributed by atoms with Crippen LogP contribution in [0.5, 0.6) is 0 Å². The number of rotatable bonds is 4. The predicted molar refractivity (Wildman–Crippen MR) is 87.0 cm³/mol. The molecule has 0 saturated carbocycles. The Morgan fingerprint density at radius 1 is 0.955 bits per heavy atom. The van der Waals surface area contributed by atoms with Gasteiger partial charge in [-0.3, -0.25) is 9.59 Å². The Bertz CT molecular complexity index is 863. The minimum Gasteiger partial charge on any atom is -0.350 e. The largest absolute Gasteiger partial charge is 0.350 e. The summed E-state index contributed by atoms with van der Waals surface area (Å²) in [5.74, 6) is -0.124. The molecule has 0 fully saturated rings. The standard InChI is InChI=1S/C18H16N2O2/c21-17-10-3-4-12-20(17)13-11-19-18(22)16-9-5-7-14-6-1-2-8-15(14)16/h1-10,12H,11,13H2,(H,19,22). The molecule has 0 aliphatic heterocycles. The average molecular weight is 292 g/mol. The molecule has 0 bridgehead atoms. The average Bonchev–Trinajstić information content (AvgIpc) is 2.56. The lowest BCUT2D eigenvalue weighted by atomic mass is 10.0. The quantitative estimate of drug-likeness (QED) is 0.803. The van der Waals surface area contributed by atoms with Crippen LogP contribution < -0.4 is 10.9 Å². The summed E-state index contributed by atoms with van der Waals surface area (Å²) in [7, 11) is 0. The maximum absolute atomic E-state index is 12.3. The molecular formula is C18H16N2O2. The monoisotopic (exact) mass is 292 g/mol. The van der Waals surface area contributed by atoms with E-state index in [4.69, 9.17) is 0 Å². The van der Waals surface area contributed by atoms with Gasteiger partial charge in [0.15, 0.2) is 0 Å². The molecule has 0 spiro atoms. The van der Waals surface area contributed by atoms with Gasteiger partial charge in [0, 0.05) is 30.9 Å². The number of carbonyl (C=O) groups is 1. The van der Waals surface area contributed by atoms with Gasteiger partial charge in [0.05, 0.1) is 0 Å². The van der Waals surface area contributed by atoms with Crippen molar-refractivity contribution in [2.24, 2.45) is 0 Å². The highest BCUT2D eigenvalue weighted by atomic mass is 16.1. The van der Waals surface area contributed by atoms with Crippen molar-refractivity contribution in [2.45, 2.75) is 6.54 Å². The molecule has 22 heavy (non-hydrogen) atoms. The van der Waals surface area contributed by atoms with Gasteiger partial charge in [0.1, 0.15) is 0 Å². The fourth-order valence-electron chi connectivity index (χ4n) is 2.45. The Hall–Kier alpha value is -2.88. The number of fused-ring (bicyclic) bond motifs is 1. The van der Waals surface area contributed by atoms with Crippen LogP contribution in [0.15, 0.2) is 71.7 Å². The van der Waals surface area contributed by atoms with Gasteiger partial charge in [0.2, 0.25) is 0 Å². The molecule has 0 unspecified atom stereocenters. The van der Waals surface area contributed by atoms with E-state index in [9.17, 15) is 9.59 Å². The number of carbonyl (C=O) groups excluding carboxylic acids is 1. The second-order valence-electron chi connectivity index (χ2n) is 5.01. The minimum atomic E-state index is -0.124. The third-order valence-electron chi connectivity index (χ3n) is 3.57. The first-order chi connectivity index (χ1) is 10.8. The zero-order valence-electron chi connectivity index (χ0n) is 12.0. The van der Waals surface area contributed by atoms with E-state index in [1.54, 1.807) is 22.9 Å². The second-order valence-corrected chi connectivity index (χ2v) is 5.01. The summed E-state index contributed by atoms with van der Waals surface area (Å²) in [6.07, 6.45) is 1.71. The van der Waals surface area contributed by atoms with Crippen molar-refractivity contribution in [1.29, 1.82) is 0 Å². The molecule has 4 heteroatoms. The van der Waals surface area contributed by atoms with Gasteiger partial charge in [-0.2, -0.15) is 0 Å². The number of hydrogen-bond acceptors (Lipinski definition) is 2. The van der Waals surface area contributed by atoms with Crippen molar-refractivity contribution in [3.63, 3.8) is 0 Å². The molecule has 2 aromatic carbocycles. The topological polar surface area (TPSA) is 51.1 Å². The fourth-order valence-corrected chi connectivity index (χ4v) is 2.45. The zero-order chi connectivity index (χ0) is 15.4.